The first-order chi connectivity index (χ1) is 15.5. The number of nitrogens with one attached hydrogen (secondary N) is 1. The van der Waals surface area contributed by atoms with Crippen molar-refractivity contribution in [2.24, 2.45) is 0 Å². The Morgan fingerprint density at radius 1 is 1.19 bits per heavy atom. The lowest BCUT2D eigenvalue weighted by Gasteiger charge is -2.12. The number of halogens is 1. The first-order valence-electron chi connectivity index (χ1n) is 9.88. The van der Waals surface area contributed by atoms with Gasteiger partial charge in [0.25, 0.3) is 0 Å². The van der Waals surface area contributed by atoms with Crippen LogP contribution in [0.1, 0.15) is 15.9 Å². The number of aromatic nitrogens is 2. The number of hydrogen-bond acceptors (Lipinski definition) is 7. The molecule has 2 aromatic carbocycles. The lowest BCUT2D eigenvalue weighted by Crippen LogP contribution is -2.35. The average molecular weight is 470 g/mol. The van der Waals surface area contributed by atoms with E-state index in [1.165, 1.54) is 18.9 Å². The molecular formula is C23H20ClN3O4S. The number of esters is 1. The van der Waals surface area contributed by atoms with Crippen molar-refractivity contribution in [2.45, 2.75) is 17.7 Å². The zero-order chi connectivity index (χ0) is 22.5. The molecule has 1 aliphatic heterocycles. The molecule has 1 amide bonds. The van der Waals surface area contributed by atoms with Gasteiger partial charge in [-0.25, -0.2) is 14.8 Å². The number of thioether (sulfide) groups is 1. The average Bonchev–Trinajstić information content (AvgIpc) is 3.25. The highest BCUT2D eigenvalue weighted by Crippen LogP contribution is 2.39. The molecule has 4 rings (SSSR count). The van der Waals surface area contributed by atoms with E-state index in [-0.39, 0.29) is 17.8 Å². The van der Waals surface area contributed by atoms with E-state index in [1.807, 2.05) is 18.2 Å². The number of amides is 1. The third kappa shape index (κ3) is 5.20. The number of rotatable bonds is 7. The van der Waals surface area contributed by atoms with Crippen molar-refractivity contribution in [1.82, 2.24) is 15.3 Å². The van der Waals surface area contributed by atoms with Gasteiger partial charge in [0.2, 0.25) is 5.91 Å². The standard InChI is InChI=1S/C23H20ClN3O4S/c1-30-22(29)15-5-2-4-14(8-15)16-9-17-10-18(31-21(17)19(24)11-16)12-27-20(28)13-32-23-25-6-3-7-26-23/h2-9,11,18H,10,12-13H2,1H3,(H,27,28)/t18-/m0/s1. The molecule has 0 spiro atoms. The Morgan fingerprint density at radius 3 is 2.78 bits per heavy atom. The van der Waals surface area contributed by atoms with E-state index in [9.17, 15) is 9.59 Å². The Morgan fingerprint density at radius 2 is 2.00 bits per heavy atom. The van der Waals surface area contributed by atoms with Crippen molar-refractivity contribution in [3.8, 4) is 16.9 Å². The van der Waals surface area contributed by atoms with Gasteiger partial charge in [0.05, 0.1) is 30.0 Å². The van der Waals surface area contributed by atoms with Crippen LogP contribution < -0.4 is 10.1 Å². The van der Waals surface area contributed by atoms with Crippen molar-refractivity contribution < 1.29 is 19.1 Å². The molecule has 2 heterocycles. The summed E-state index contributed by atoms with van der Waals surface area (Å²) in [5.74, 6) is 0.347. The number of hydrogen-bond donors (Lipinski definition) is 1. The lowest BCUT2D eigenvalue weighted by molar-refractivity contribution is -0.118. The van der Waals surface area contributed by atoms with Crippen LogP contribution in [0.15, 0.2) is 60.0 Å². The summed E-state index contributed by atoms with van der Waals surface area (Å²) in [4.78, 5) is 32.2. The summed E-state index contributed by atoms with van der Waals surface area (Å²) in [6.07, 6.45) is 3.69. The molecule has 164 valence electrons. The van der Waals surface area contributed by atoms with Crippen LogP contribution in [0.25, 0.3) is 11.1 Å². The number of benzene rings is 2. The Labute approximate surface area is 194 Å². The lowest BCUT2D eigenvalue weighted by atomic mass is 9.99. The number of carbonyl (C=O) groups excluding carboxylic acids is 2. The number of methoxy groups -OCH3 is 1. The maximum atomic E-state index is 12.2. The first-order valence-corrected chi connectivity index (χ1v) is 11.2. The van der Waals surface area contributed by atoms with Gasteiger partial charge in [0, 0.05) is 24.4 Å². The third-order valence-corrected chi connectivity index (χ3v) is 6.03. The summed E-state index contributed by atoms with van der Waals surface area (Å²) >= 11 is 7.75. The predicted octanol–water partition coefficient (Wildman–Crippen LogP) is 3.80. The van der Waals surface area contributed by atoms with Gasteiger partial charge < -0.3 is 14.8 Å². The Kier molecular flexibility index (Phi) is 6.92. The fourth-order valence-corrected chi connectivity index (χ4v) is 4.30. The summed E-state index contributed by atoms with van der Waals surface area (Å²) < 4.78 is 10.8. The summed E-state index contributed by atoms with van der Waals surface area (Å²) in [5, 5.41) is 3.94. The van der Waals surface area contributed by atoms with Crippen molar-refractivity contribution in [3.63, 3.8) is 0 Å². The molecule has 7 nitrogen and oxygen atoms in total. The van der Waals surface area contributed by atoms with Crippen LogP contribution in [0, 0.1) is 0 Å². The quantitative estimate of drug-likeness (QED) is 0.320. The van der Waals surface area contributed by atoms with Crippen LogP contribution in [0.5, 0.6) is 5.75 Å². The first kappa shape index (κ1) is 22.1. The second-order valence-electron chi connectivity index (χ2n) is 7.09. The summed E-state index contributed by atoms with van der Waals surface area (Å²) in [6.45, 7) is 0.368. The maximum Gasteiger partial charge on any atom is 0.337 e. The fraction of sp³-hybridized carbons (Fsp3) is 0.217. The molecule has 0 saturated carbocycles. The molecule has 3 aromatic rings. The van der Waals surface area contributed by atoms with E-state index in [0.29, 0.717) is 34.5 Å². The van der Waals surface area contributed by atoms with Gasteiger partial charge in [-0.15, -0.1) is 0 Å². The molecule has 1 N–H and O–H groups in total. The highest BCUT2D eigenvalue weighted by atomic mass is 35.5. The van der Waals surface area contributed by atoms with Crippen molar-refractivity contribution >= 4 is 35.2 Å². The summed E-state index contributed by atoms with van der Waals surface area (Å²) in [7, 11) is 1.35. The molecule has 0 saturated heterocycles. The Hall–Kier alpha value is -3.10. The molecule has 1 aromatic heterocycles. The van der Waals surface area contributed by atoms with E-state index in [1.54, 1.807) is 36.7 Å². The van der Waals surface area contributed by atoms with Gasteiger partial charge in [0.1, 0.15) is 11.9 Å². The minimum atomic E-state index is -0.393. The largest absolute Gasteiger partial charge is 0.486 e. The second-order valence-corrected chi connectivity index (χ2v) is 8.44. The van der Waals surface area contributed by atoms with Crippen molar-refractivity contribution in [2.75, 3.05) is 19.4 Å². The Balaban J connectivity index is 1.38. The molecule has 32 heavy (non-hydrogen) atoms. The fourth-order valence-electron chi connectivity index (χ4n) is 3.38. The van der Waals surface area contributed by atoms with Gasteiger partial charge in [-0.1, -0.05) is 35.5 Å². The molecule has 0 aliphatic carbocycles. The van der Waals surface area contributed by atoms with E-state index >= 15 is 0 Å². The normalized spacial score (nSPS) is 14.4. The number of nitrogens with zero attached hydrogens (tertiary/aromatic N) is 2. The van der Waals surface area contributed by atoms with Gasteiger partial charge >= 0.3 is 5.97 Å². The van der Waals surface area contributed by atoms with Gasteiger partial charge in [-0.3, -0.25) is 4.79 Å². The molecule has 9 heteroatoms. The monoisotopic (exact) mass is 469 g/mol. The summed E-state index contributed by atoms with van der Waals surface area (Å²) in [6, 6.07) is 12.7. The van der Waals surface area contributed by atoms with Crippen molar-refractivity contribution in [1.29, 1.82) is 0 Å². The van der Waals surface area contributed by atoms with Crippen LogP contribution in [-0.2, 0) is 16.0 Å². The molecule has 0 radical (unpaired) electrons. The number of carbonyl (C=O) groups is 2. The van der Waals surface area contributed by atoms with Crippen LogP contribution in [-0.4, -0.2) is 47.4 Å². The van der Waals surface area contributed by atoms with Crippen molar-refractivity contribution in [3.05, 3.63) is 71.0 Å². The molecule has 0 unspecified atom stereocenters. The zero-order valence-corrected chi connectivity index (χ0v) is 18.8. The zero-order valence-electron chi connectivity index (χ0n) is 17.2. The third-order valence-electron chi connectivity index (χ3n) is 4.87. The number of ether oxygens (including phenoxy) is 2. The highest BCUT2D eigenvalue weighted by molar-refractivity contribution is 7.99. The van der Waals surface area contributed by atoms with Gasteiger partial charge in [-0.2, -0.15) is 0 Å². The molecule has 1 atom stereocenters. The smallest absolute Gasteiger partial charge is 0.337 e. The molecule has 0 fully saturated rings. The Bertz CT molecular complexity index is 1140. The second kappa shape index (κ2) is 10.0. The van der Waals surface area contributed by atoms with E-state index in [4.69, 9.17) is 21.1 Å². The molecule has 0 bridgehead atoms. The van der Waals surface area contributed by atoms with Gasteiger partial charge in [0.15, 0.2) is 5.16 Å². The van der Waals surface area contributed by atoms with Crippen LogP contribution in [0.2, 0.25) is 5.02 Å². The minimum absolute atomic E-state index is 0.117. The van der Waals surface area contributed by atoms with E-state index < -0.39 is 5.97 Å². The number of fused-ring (bicyclic) bond motifs is 1. The van der Waals surface area contributed by atoms with E-state index in [2.05, 4.69) is 15.3 Å². The van der Waals surface area contributed by atoms with Gasteiger partial charge in [-0.05, 0) is 41.5 Å². The minimum Gasteiger partial charge on any atom is -0.486 e. The van der Waals surface area contributed by atoms with Crippen LogP contribution >= 0.6 is 23.4 Å². The summed E-state index contributed by atoms with van der Waals surface area (Å²) in [5.41, 5.74) is 3.17. The maximum absolute atomic E-state index is 12.2. The molecule has 1 aliphatic rings. The van der Waals surface area contributed by atoms with Crippen LogP contribution in [0.4, 0.5) is 0 Å². The van der Waals surface area contributed by atoms with E-state index in [0.717, 1.165) is 16.7 Å². The SMILES string of the molecule is COC(=O)c1cccc(-c2cc(Cl)c3c(c2)C[C@@H](CNC(=O)CSc2ncccn2)O3)c1. The topological polar surface area (TPSA) is 90.4 Å². The molecular weight excluding hydrogens is 450 g/mol. The predicted molar refractivity (Wildman–Crippen MR) is 122 cm³/mol. The highest BCUT2D eigenvalue weighted by Gasteiger charge is 2.26. The van der Waals surface area contributed by atoms with Crippen LogP contribution in [0.3, 0.4) is 0 Å².